The first kappa shape index (κ1) is 19.2. The Morgan fingerprint density at radius 2 is 2.00 bits per heavy atom. The van der Waals surface area contributed by atoms with E-state index in [4.69, 9.17) is 21.3 Å². The molecule has 2 aromatic carbocycles. The number of aromatic nitrogens is 2. The van der Waals surface area contributed by atoms with E-state index in [2.05, 4.69) is 37.4 Å². The molecule has 0 atom stereocenters. The second kappa shape index (κ2) is 7.68. The van der Waals surface area contributed by atoms with Gasteiger partial charge in [0.25, 0.3) is 0 Å². The summed E-state index contributed by atoms with van der Waals surface area (Å²) in [5, 5.41) is 14.2. The molecule has 6 heteroatoms. The molecule has 0 fully saturated rings. The van der Waals surface area contributed by atoms with Gasteiger partial charge >= 0.3 is 0 Å². The predicted octanol–water partition coefficient (Wildman–Crippen LogP) is 5.98. The van der Waals surface area contributed by atoms with Crippen LogP contribution in [0.25, 0.3) is 16.9 Å². The van der Waals surface area contributed by atoms with Crippen LogP contribution < -0.4 is 10.1 Å². The number of nitrogens with zero attached hydrogens (tertiary/aromatic N) is 2. The standard InChI is InChI=1S/C23H22ClN3O2/c1-4-15-7-5-6-14(2)21(15)26-23-22(16-8-10-18(28)19(12-16)29-3)25-20-11-9-17(24)13-27(20)23/h5-13,26,28H,4H2,1-3H3. The maximum Gasteiger partial charge on any atom is 0.161 e. The third-order valence-electron chi connectivity index (χ3n) is 5.02. The van der Waals surface area contributed by atoms with Crippen LogP contribution in [0, 0.1) is 6.92 Å². The summed E-state index contributed by atoms with van der Waals surface area (Å²) in [6, 6.07) is 15.2. The van der Waals surface area contributed by atoms with Crippen LogP contribution in [0.4, 0.5) is 11.5 Å². The lowest BCUT2D eigenvalue weighted by atomic mass is 10.1. The predicted molar refractivity (Wildman–Crippen MR) is 118 cm³/mol. The number of hydrogen-bond donors (Lipinski definition) is 2. The van der Waals surface area contributed by atoms with Gasteiger partial charge in [-0.2, -0.15) is 0 Å². The van der Waals surface area contributed by atoms with Crippen molar-refractivity contribution in [1.29, 1.82) is 0 Å². The van der Waals surface area contributed by atoms with Crippen LogP contribution in [0.15, 0.2) is 54.7 Å². The zero-order valence-corrected chi connectivity index (χ0v) is 17.3. The highest BCUT2D eigenvalue weighted by molar-refractivity contribution is 6.30. The molecule has 0 aliphatic carbocycles. The SMILES string of the molecule is CCc1cccc(C)c1Nc1c(-c2ccc(O)c(OC)c2)nc2ccc(Cl)cn12. The summed E-state index contributed by atoms with van der Waals surface area (Å²) in [5.41, 5.74) is 5.77. The number of fused-ring (bicyclic) bond motifs is 1. The molecule has 0 saturated heterocycles. The molecule has 148 valence electrons. The van der Waals surface area contributed by atoms with E-state index in [1.165, 1.54) is 12.7 Å². The van der Waals surface area contributed by atoms with Crippen molar-refractivity contribution in [1.82, 2.24) is 9.38 Å². The van der Waals surface area contributed by atoms with Crippen LogP contribution in [-0.2, 0) is 6.42 Å². The van der Waals surface area contributed by atoms with Crippen LogP contribution in [0.5, 0.6) is 11.5 Å². The van der Waals surface area contributed by atoms with Gasteiger partial charge in [-0.1, -0.05) is 36.7 Å². The lowest BCUT2D eigenvalue weighted by Crippen LogP contribution is -2.02. The number of methoxy groups -OCH3 is 1. The number of ether oxygens (including phenoxy) is 1. The number of imidazole rings is 1. The first-order chi connectivity index (χ1) is 14.0. The summed E-state index contributed by atoms with van der Waals surface area (Å²) in [4.78, 5) is 4.82. The molecule has 2 N–H and O–H groups in total. The molecular weight excluding hydrogens is 386 g/mol. The Kier molecular flexibility index (Phi) is 5.07. The third-order valence-corrected chi connectivity index (χ3v) is 5.24. The average Bonchev–Trinajstić information content (AvgIpc) is 3.07. The van der Waals surface area contributed by atoms with Gasteiger partial charge < -0.3 is 15.2 Å². The Balaban J connectivity index is 1.95. The minimum atomic E-state index is 0.0877. The number of phenols is 1. The lowest BCUT2D eigenvalue weighted by molar-refractivity contribution is 0.373. The number of rotatable bonds is 5. The number of pyridine rings is 1. The molecule has 0 amide bonds. The number of phenolic OH excluding ortho intramolecular Hbond substituents is 1. The topological polar surface area (TPSA) is 58.8 Å². The van der Waals surface area contributed by atoms with Gasteiger partial charge in [0, 0.05) is 17.4 Å². The zero-order valence-electron chi connectivity index (χ0n) is 16.5. The van der Waals surface area contributed by atoms with E-state index in [0.29, 0.717) is 10.8 Å². The smallest absolute Gasteiger partial charge is 0.161 e. The fraction of sp³-hybridized carbons (Fsp3) is 0.174. The summed E-state index contributed by atoms with van der Waals surface area (Å²) < 4.78 is 7.24. The first-order valence-electron chi connectivity index (χ1n) is 9.42. The van der Waals surface area contributed by atoms with Gasteiger partial charge in [-0.25, -0.2) is 4.98 Å². The average molecular weight is 408 g/mol. The number of hydrogen-bond acceptors (Lipinski definition) is 4. The van der Waals surface area contributed by atoms with E-state index in [1.807, 2.05) is 28.8 Å². The van der Waals surface area contributed by atoms with Crippen molar-refractivity contribution < 1.29 is 9.84 Å². The Bertz CT molecular complexity index is 1200. The fourth-order valence-corrected chi connectivity index (χ4v) is 3.65. The molecule has 29 heavy (non-hydrogen) atoms. The summed E-state index contributed by atoms with van der Waals surface area (Å²) in [6.45, 7) is 4.22. The number of para-hydroxylation sites is 1. The Morgan fingerprint density at radius 3 is 2.76 bits per heavy atom. The maximum atomic E-state index is 9.98. The monoisotopic (exact) mass is 407 g/mol. The molecule has 2 aromatic heterocycles. The van der Waals surface area contributed by atoms with Gasteiger partial charge in [0.15, 0.2) is 11.5 Å². The second-order valence-corrected chi connectivity index (χ2v) is 7.30. The van der Waals surface area contributed by atoms with Crippen molar-refractivity contribution in [2.24, 2.45) is 0 Å². The third kappa shape index (κ3) is 3.49. The first-order valence-corrected chi connectivity index (χ1v) is 9.80. The minimum absolute atomic E-state index is 0.0877. The number of nitrogens with one attached hydrogen (secondary N) is 1. The van der Waals surface area contributed by atoms with Crippen LogP contribution in [0.2, 0.25) is 5.02 Å². The van der Waals surface area contributed by atoms with E-state index in [0.717, 1.165) is 40.4 Å². The molecule has 0 bridgehead atoms. The van der Waals surface area contributed by atoms with E-state index in [9.17, 15) is 5.11 Å². The Hall–Kier alpha value is -3.18. The molecule has 0 spiro atoms. The summed E-state index contributed by atoms with van der Waals surface area (Å²) in [5.74, 6) is 1.29. The molecule has 0 aliphatic heterocycles. The number of halogens is 1. The maximum absolute atomic E-state index is 9.98. The van der Waals surface area contributed by atoms with Gasteiger partial charge in [0.1, 0.15) is 17.2 Å². The Morgan fingerprint density at radius 1 is 1.17 bits per heavy atom. The fourth-order valence-electron chi connectivity index (χ4n) is 3.48. The quantitative estimate of drug-likeness (QED) is 0.427. The molecule has 5 nitrogen and oxygen atoms in total. The van der Waals surface area contributed by atoms with Crippen molar-refractivity contribution in [3.05, 3.63) is 70.9 Å². The van der Waals surface area contributed by atoms with Crippen molar-refractivity contribution in [2.75, 3.05) is 12.4 Å². The highest BCUT2D eigenvalue weighted by atomic mass is 35.5. The van der Waals surface area contributed by atoms with Crippen LogP contribution in [0.1, 0.15) is 18.1 Å². The molecule has 4 rings (SSSR count). The van der Waals surface area contributed by atoms with Crippen molar-refractivity contribution in [2.45, 2.75) is 20.3 Å². The molecule has 0 aliphatic rings. The molecular formula is C23H22ClN3O2. The molecule has 2 heterocycles. The number of benzene rings is 2. The summed E-state index contributed by atoms with van der Waals surface area (Å²) in [7, 11) is 1.53. The van der Waals surface area contributed by atoms with E-state index < -0.39 is 0 Å². The minimum Gasteiger partial charge on any atom is -0.504 e. The normalized spacial score (nSPS) is 11.0. The zero-order chi connectivity index (χ0) is 20.5. The summed E-state index contributed by atoms with van der Waals surface area (Å²) in [6.07, 6.45) is 2.75. The van der Waals surface area contributed by atoms with E-state index >= 15 is 0 Å². The van der Waals surface area contributed by atoms with Crippen LogP contribution in [0.3, 0.4) is 0 Å². The highest BCUT2D eigenvalue weighted by Gasteiger charge is 2.18. The van der Waals surface area contributed by atoms with Crippen LogP contribution >= 0.6 is 11.6 Å². The summed E-state index contributed by atoms with van der Waals surface area (Å²) >= 11 is 6.28. The Labute approximate surface area is 174 Å². The highest BCUT2D eigenvalue weighted by Crippen LogP contribution is 2.37. The lowest BCUT2D eigenvalue weighted by Gasteiger charge is -2.15. The number of aryl methyl sites for hydroxylation is 2. The van der Waals surface area contributed by atoms with E-state index in [-0.39, 0.29) is 5.75 Å². The molecule has 0 unspecified atom stereocenters. The largest absolute Gasteiger partial charge is 0.504 e. The van der Waals surface area contributed by atoms with Crippen LogP contribution in [-0.4, -0.2) is 21.6 Å². The van der Waals surface area contributed by atoms with Gasteiger partial charge in [-0.15, -0.1) is 0 Å². The van der Waals surface area contributed by atoms with Crippen molar-refractivity contribution in [3.63, 3.8) is 0 Å². The van der Waals surface area contributed by atoms with Gasteiger partial charge in [0.2, 0.25) is 0 Å². The van der Waals surface area contributed by atoms with Gasteiger partial charge in [-0.3, -0.25) is 4.40 Å². The molecule has 4 aromatic rings. The van der Waals surface area contributed by atoms with Gasteiger partial charge in [-0.05, 0) is 54.8 Å². The molecule has 0 saturated carbocycles. The number of anilines is 2. The number of aromatic hydroxyl groups is 1. The molecule has 0 radical (unpaired) electrons. The van der Waals surface area contributed by atoms with Crippen molar-refractivity contribution in [3.8, 4) is 22.8 Å². The van der Waals surface area contributed by atoms with E-state index in [1.54, 1.807) is 12.1 Å². The van der Waals surface area contributed by atoms with Gasteiger partial charge in [0.05, 0.1) is 12.1 Å². The second-order valence-electron chi connectivity index (χ2n) is 6.86. The van der Waals surface area contributed by atoms with Crippen molar-refractivity contribution >= 4 is 28.8 Å².